The molecule has 2 aromatic rings. The van der Waals surface area contributed by atoms with Crippen molar-refractivity contribution in [2.75, 3.05) is 0 Å². The maximum absolute atomic E-state index is 11.1. The number of ether oxygens (including phenoxy) is 1. The third-order valence-corrected chi connectivity index (χ3v) is 7.53. The van der Waals surface area contributed by atoms with Crippen molar-refractivity contribution in [3.63, 3.8) is 0 Å². The van der Waals surface area contributed by atoms with Crippen LogP contribution in [0.5, 0.6) is 17.2 Å². The molecule has 0 saturated heterocycles. The molecule has 1 saturated carbocycles. The van der Waals surface area contributed by atoms with Gasteiger partial charge in [0.1, 0.15) is 5.75 Å². The van der Waals surface area contributed by atoms with Gasteiger partial charge in [0.15, 0.2) is 11.5 Å². The highest BCUT2D eigenvalue weighted by atomic mass is 32.2. The average molecular weight is 427 g/mol. The standard InChI is InChI=1S/C27H38O2S/c1-18-13-19(2)26(20(3)14-18)29-24-16-22(27(4,5)6)15-21(25(24)28)17-30-23-11-9-7-8-10-12-23/h13-16,23,28H,7-12,17H2,1-6H3. The van der Waals surface area contributed by atoms with Crippen LogP contribution in [0.2, 0.25) is 0 Å². The van der Waals surface area contributed by atoms with Gasteiger partial charge in [-0.15, -0.1) is 0 Å². The van der Waals surface area contributed by atoms with E-state index in [-0.39, 0.29) is 5.41 Å². The zero-order valence-electron chi connectivity index (χ0n) is 19.6. The molecule has 3 rings (SSSR count). The molecule has 0 radical (unpaired) electrons. The van der Waals surface area contributed by atoms with Gasteiger partial charge in [0, 0.05) is 16.6 Å². The maximum atomic E-state index is 11.1. The van der Waals surface area contributed by atoms with Crippen molar-refractivity contribution in [2.24, 2.45) is 0 Å². The van der Waals surface area contributed by atoms with Crippen molar-refractivity contribution in [3.8, 4) is 17.2 Å². The number of aromatic hydroxyl groups is 1. The number of rotatable bonds is 5. The lowest BCUT2D eigenvalue weighted by Crippen LogP contribution is -2.12. The molecule has 0 atom stereocenters. The minimum Gasteiger partial charge on any atom is -0.504 e. The number of hydrogen-bond acceptors (Lipinski definition) is 3. The lowest BCUT2D eigenvalue weighted by molar-refractivity contribution is 0.403. The van der Waals surface area contributed by atoms with Gasteiger partial charge in [-0.2, -0.15) is 11.8 Å². The predicted octanol–water partition coefficient (Wildman–Crippen LogP) is 8.36. The number of phenols is 1. The van der Waals surface area contributed by atoms with Gasteiger partial charge in [-0.05, 0) is 61.8 Å². The monoisotopic (exact) mass is 426 g/mol. The van der Waals surface area contributed by atoms with E-state index in [2.05, 4.69) is 59.7 Å². The fraction of sp³-hybridized carbons (Fsp3) is 0.556. The van der Waals surface area contributed by atoms with Crippen molar-refractivity contribution in [2.45, 2.75) is 96.5 Å². The Labute approximate surface area is 187 Å². The van der Waals surface area contributed by atoms with E-state index >= 15 is 0 Å². The first-order valence-electron chi connectivity index (χ1n) is 11.4. The normalized spacial score (nSPS) is 15.8. The molecule has 0 heterocycles. The van der Waals surface area contributed by atoms with Gasteiger partial charge < -0.3 is 9.84 Å². The highest BCUT2D eigenvalue weighted by molar-refractivity contribution is 7.99. The number of benzene rings is 2. The lowest BCUT2D eigenvalue weighted by Gasteiger charge is -2.23. The van der Waals surface area contributed by atoms with E-state index < -0.39 is 0 Å². The molecule has 2 nitrogen and oxygen atoms in total. The van der Waals surface area contributed by atoms with Crippen LogP contribution >= 0.6 is 11.8 Å². The van der Waals surface area contributed by atoms with Gasteiger partial charge in [-0.1, -0.05) is 70.2 Å². The second-order valence-corrected chi connectivity index (χ2v) is 11.3. The molecule has 0 bridgehead atoms. The summed E-state index contributed by atoms with van der Waals surface area (Å²) in [6.45, 7) is 12.9. The largest absolute Gasteiger partial charge is 0.504 e. The third kappa shape index (κ3) is 5.75. The van der Waals surface area contributed by atoms with E-state index in [1.54, 1.807) is 0 Å². The van der Waals surface area contributed by atoms with E-state index in [9.17, 15) is 5.11 Å². The van der Waals surface area contributed by atoms with Crippen LogP contribution in [0.3, 0.4) is 0 Å². The molecule has 0 aromatic heterocycles. The Bertz CT molecular complexity index is 848. The fourth-order valence-corrected chi connectivity index (χ4v) is 5.64. The highest BCUT2D eigenvalue weighted by Crippen LogP contribution is 2.42. The Hall–Kier alpha value is -1.61. The van der Waals surface area contributed by atoms with Crippen LogP contribution in [-0.4, -0.2) is 10.4 Å². The van der Waals surface area contributed by atoms with Crippen molar-refractivity contribution in [3.05, 3.63) is 52.1 Å². The van der Waals surface area contributed by atoms with Crippen molar-refractivity contribution < 1.29 is 9.84 Å². The van der Waals surface area contributed by atoms with Crippen LogP contribution in [0.25, 0.3) is 0 Å². The summed E-state index contributed by atoms with van der Waals surface area (Å²) in [7, 11) is 0. The Kier molecular flexibility index (Phi) is 7.44. The molecule has 30 heavy (non-hydrogen) atoms. The Balaban J connectivity index is 1.91. The summed E-state index contributed by atoms with van der Waals surface area (Å²) in [5.74, 6) is 2.56. The van der Waals surface area contributed by atoms with Crippen LogP contribution in [-0.2, 0) is 11.2 Å². The van der Waals surface area contributed by atoms with Crippen molar-refractivity contribution >= 4 is 11.8 Å². The molecule has 0 aliphatic heterocycles. The average Bonchev–Trinajstić information content (AvgIpc) is 2.92. The topological polar surface area (TPSA) is 29.5 Å². The minimum absolute atomic E-state index is 0.00902. The molecule has 164 valence electrons. The summed E-state index contributed by atoms with van der Waals surface area (Å²) < 4.78 is 6.35. The second kappa shape index (κ2) is 9.68. The maximum Gasteiger partial charge on any atom is 0.169 e. The van der Waals surface area contributed by atoms with E-state index in [4.69, 9.17) is 4.74 Å². The second-order valence-electron chi connectivity index (χ2n) is 9.99. The van der Waals surface area contributed by atoms with Crippen LogP contribution in [0.15, 0.2) is 24.3 Å². The quantitative estimate of drug-likeness (QED) is 0.487. The summed E-state index contributed by atoms with van der Waals surface area (Å²) in [4.78, 5) is 0. The lowest BCUT2D eigenvalue weighted by atomic mass is 9.86. The third-order valence-electron chi connectivity index (χ3n) is 6.11. The van der Waals surface area contributed by atoms with Crippen molar-refractivity contribution in [1.82, 2.24) is 0 Å². The van der Waals surface area contributed by atoms with Crippen LogP contribution in [0.1, 0.15) is 87.1 Å². The molecular weight excluding hydrogens is 388 g/mol. The SMILES string of the molecule is Cc1cc(C)c(Oc2cc(C(C)(C)C)cc(CSC3CCCCCC3)c2O)c(C)c1. The van der Waals surface area contributed by atoms with E-state index in [1.165, 1.54) is 49.7 Å². The summed E-state index contributed by atoms with van der Waals surface area (Å²) in [6, 6.07) is 8.47. The Morgan fingerprint density at radius 1 is 0.933 bits per heavy atom. The molecule has 1 aliphatic rings. The Morgan fingerprint density at radius 2 is 1.53 bits per heavy atom. The van der Waals surface area contributed by atoms with Gasteiger partial charge in [0.2, 0.25) is 0 Å². The van der Waals surface area contributed by atoms with E-state index in [0.717, 1.165) is 28.2 Å². The zero-order valence-corrected chi connectivity index (χ0v) is 20.4. The molecule has 0 unspecified atom stereocenters. The summed E-state index contributed by atoms with van der Waals surface area (Å²) in [5.41, 5.74) is 5.61. The fourth-order valence-electron chi connectivity index (χ4n) is 4.34. The molecule has 0 spiro atoms. The summed E-state index contributed by atoms with van der Waals surface area (Å²) in [6.07, 6.45) is 8.02. The summed E-state index contributed by atoms with van der Waals surface area (Å²) >= 11 is 2.01. The van der Waals surface area contributed by atoms with Gasteiger partial charge in [0.05, 0.1) is 0 Å². The number of hydrogen-bond donors (Lipinski definition) is 1. The number of phenolic OH excluding ortho intramolecular Hbond substituents is 1. The van der Waals surface area contributed by atoms with Gasteiger partial charge >= 0.3 is 0 Å². The van der Waals surface area contributed by atoms with E-state index in [0.29, 0.717) is 16.7 Å². The molecule has 2 aromatic carbocycles. The first kappa shape index (κ1) is 23.1. The van der Waals surface area contributed by atoms with E-state index in [1.807, 2.05) is 17.8 Å². The smallest absolute Gasteiger partial charge is 0.169 e. The van der Waals surface area contributed by atoms with Gasteiger partial charge in [-0.3, -0.25) is 0 Å². The molecule has 1 N–H and O–H groups in total. The highest BCUT2D eigenvalue weighted by Gasteiger charge is 2.22. The van der Waals surface area contributed by atoms with Crippen LogP contribution < -0.4 is 4.74 Å². The van der Waals surface area contributed by atoms with Crippen LogP contribution in [0.4, 0.5) is 0 Å². The Morgan fingerprint density at radius 3 is 2.10 bits per heavy atom. The number of thioether (sulfide) groups is 1. The summed E-state index contributed by atoms with van der Waals surface area (Å²) in [5, 5.41) is 11.8. The van der Waals surface area contributed by atoms with Crippen molar-refractivity contribution in [1.29, 1.82) is 0 Å². The first-order chi connectivity index (χ1) is 14.1. The molecule has 0 amide bonds. The number of aryl methyl sites for hydroxylation is 3. The molecule has 1 fully saturated rings. The van der Waals surface area contributed by atoms with Gasteiger partial charge in [0.25, 0.3) is 0 Å². The minimum atomic E-state index is -0.00902. The zero-order chi connectivity index (χ0) is 21.9. The molecule has 1 aliphatic carbocycles. The first-order valence-corrected chi connectivity index (χ1v) is 12.4. The molecule has 3 heteroatoms. The molecular formula is C27H38O2S. The van der Waals surface area contributed by atoms with Crippen LogP contribution in [0, 0.1) is 20.8 Å². The predicted molar refractivity (Wildman–Crippen MR) is 130 cm³/mol. The van der Waals surface area contributed by atoms with Gasteiger partial charge in [-0.25, -0.2) is 0 Å².